The summed E-state index contributed by atoms with van der Waals surface area (Å²) in [6, 6.07) is 10.2. The molecule has 0 bridgehead atoms. The van der Waals surface area contributed by atoms with Crippen LogP contribution in [0.4, 0.5) is 20.7 Å². The van der Waals surface area contributed by atoms with Gasteiger partial charge in [0.2, 0.25) is 0 Å². The van der Waals surface area contributed by atoms with E-state index >= 15 is 0 Å². The highest BCUT2D eigenvalue weighted by Crippen LogP contribution is 2.27. The fourth-order valence-electron chi connectivity index (χ4n) is 3.67. The van der Waals surface area contributed by atoms with Crippen molar-refractivity contribution in [1.82, 2.24) is 9.88 Å². The van der Waals surface area contributed by atoms with E-state index in [4.69, 9.17) is 4.98 Å². The van der Waals surface area contributed by atoms with Gasteiger partial charge in [-0.1, -0.05) is 24.3 Å². The van der Waals surface area contributed by atoms with E-state index in [2.05, 4.69) is 15.6 Å². The Kier molecular flexibility index (Phi) is 6.40. The number of hydrogen-bond donors (Lipinski definition) is 2. The summed E-state index contributed by atoms with van der Waals surface area (Å²) in [4.78, 5) is 23.5. The highest BCUT2D eigenvalue weighted by molar-refractivity contribution is 5.93. The number of nitrogens with zero attached hydrogens (tertiary/aromatic N) is 3. The topological polar surface area (TPSA) is 69.6 Å². The zero-order valence-corrected chi connectivity index (χ0v) is 17.5. The Bertz CT molecular complexity index is 1050. The molecule has 0 spiro atoms. The lowest BCUT2D eigenvalue weighted by molar-refractivity contribution is 0.231. The summed E-state index contributed by atoms with van der Waals surface area (Å²) in [7, 11) is 0. The molecule has 3 heterocycles. The minimum Gasteiger partial charge on any atom is -0.368 e. The number of carbonyl (C=O) groups is 1. The Labute approximate surface area is 181 Å². The van der Waals surface area contributed by atoms with Gasteiger partial charge in [0.05, 0.1) is 11.4 Å². The van der Waals surface area contributed by atoms with Gasteiger partial charge in [0.15, 0.2) is 0 Å². The Balaban J connectivity index is 1.50. The van der Waals surface area contributed by atoms with Gasteiger partial charge in [0, 0.05) is 38.0 Å². The largest absolute Gasteiger partial charge is 0.368 e. The van der Waals surface area contributed by atoms with Crippen LogP contribution in [0.25, 0.3) is 0 Å². The molecule has 2 aliphatic heterocycles. The number of aromatic nitrogens is 1. The van der Waals surface area contributed by atoms with Gasteiger partial charge in [0.1, 0.15) is 11.6 Å². The van der Waals surface area contributed by atoms with Crippen molar-refractivity contribution in [1.29, 1.82) is 0 Å². The van der Waals surface area contributed by atoms with E-state index in [1.165, 1.54) is 12.1 Å². The van der Waals surface area contributed by atoms with Gasteiger partial charge in [-0.3, -0.25) is 9.89 Å². The zero-order valence-electron chi connectivity index (χ0n) is 17.5. The molecule has 2 N–H and O–H groups in total. The molecule has 1 aromatic carbocycles. The Morgan fingerprint density at radius 2 is 2.19 bits per heavy atom. The van der Waals surface area contributed by atoms with Gasteiger partial charge in [-0.25, -0.2) is 14.2 Å². The lowest BCUT2D eigenvalue weighted by Crippen LogP contribution is -2.32. The quantitative estimate of drug-likeness (QED) is 0.711. The smallest absolute Gasteiger partial charge is 0.326 e. The van der Waals surface area contributed by atoms with Crippen molar-refractivity contribution in [2.75, 3.05) is 30.3 Å². The predicted octanol–water partition coefficient (Wildman–Crippen LogP) is 4.74. The van der Waals surface area contributed by atoms with Gasteiger partial charge in [-0.2, -0.15) is 0 Å². The zero-order chi connectivity index (χ0) is 21.6. The number of pyridine rings is 1. The summed E-state index contributed by atoms with van der Waals surface area (Å²) in [5, 5.41) is 6.29. The van der Waals surface area contributed by atoms with Gasteiger partial charge in [0.25, 0.3) is 0 Å². The summed E-state index contributed by atoms with van der Waals surface area (Å²) in [6.07, 6.45) is 9.27. The first-order chi connectivity index (χ1) is 15.1. The van der Waals surface area contributed by atoms with E-state index < -0.39 is 0 Å². The maximum Gasteiger partial charge on any atom is 0.326 e. The molecule has 31 heavy (non-hydrogen) atoms. The van der Waals surface area contributed by atoms with Crippen LogP contribution in [0.15, 0.2) is 65.3 Å². The molecule has 0 radical (unpaired) electrons. The SMILES string of the molecule is CC1=CN(C(=O)Nc2ccc(C3C=NCC3)nc2NCCc2cccc(F)c2)CC=C1. The van der Waals surface area contributed by atoms with Gasteiger partial charge in [-0.05, 0) is 55.2 Å². The maximum atomic E-state index is 13.4. The van der Waals surface area contributed by atoms with Gasteiger partial charge >= 0.3 is 6.03 Å². The van der Waals surface area contributed by atoms with Crippen molar-refractivity contribution in [3.8, 4) is 0 Å². The number of anilines is 2. The fraction of sp³-hybridized carbons (Fsp3) is 0.292. The fourth-order valence-corrected chi connectivity index (χ4v) is 3.67. The van der Waals surface area contributed by atoms with E-state index in [-0.39, 0.29) is 17.8 Å². The molecule has 4 rings (SSSR count). The molecule has 7 heteroatoms. The summed E-state index contributed by atoms with van der Waals surface area (Å²) in [5.74, 6) is 0.548. The minimum atomic E-state index is -0.245. The van der Waals surface area contributed by atoms with Crippen LogP contribution < -0.4 is 10.6 Å². The average molecular weight is 420 g/mol. The second kappa shape index (κ2) is 9.55. The first kappa shape index (κ1) is 20.8. The molecule has 6 nitrogen and oxygen atoms in total. The number of hydrogen-bond acceptors (Lipinski definition) is 4. The van der Waals surface area contributed by atoms with Crippen molar-refractivity contribution in [3.63, 3.8) is 0 Å². The molecule has 1 atom stereocenters. The number of carbonyl (C=O) groups excluding carboxylic acids is 1. The van der Waals surface area contributed by atoms with Gasteiger partial charge < -0.3 is 10.6 Å². The molecular weight excluding hydrogens is 393 g/mol. The molecular formula is C24H26FN5O. The van der Waals surface area contributed by atoms with Crippen molar-refractivity contribution in [2.45, 2.75) is 25.7 Å². The average Bonchev–Trinajstić information content (AvgIpc) is 3.30. The van der Waals surface area contributed by atoms with Crippen LogP contribution in [-0.2, 0) is 6.42 Å². The lowest BCUT2D eigenvalue weighted by Gasteiger charge is -2.22. The number of nitrogens with one attached hydrogen (secondary N) is 2. The molecule has 2 aliphatic rings. The second-order valence-corrected chi connectivity index (χ2v) is 7.75. The normalized spacial score (nSPS) is 17.5. The summed E-state index contributed by atoms with van der Waals surface area (Å²) >= 11 is 0. The third-order valence-corrected chi connectivity index (χ3v) is 5.29. The number of aliphatic imine (C=N–C) groups is 1. The van der Waals surface area contributed by atoms with E-state index in [1.54, 1.807) is 11.0 Å². The first-order valence-corrected chi connectivity index (χ1v) is 10.5. The summed E-state index contributed by atoms with van der Waals surface area (Å²) in [5.41, 5.74) is 3.45. The molecule has 160 valence electrons. The van der Waals surface area contributed by atoms with Crippen molar-refractivity contribution >= 4 is 23.8 Å². The Morgan fingerprint density at radius 1 is 1.29 bits per heavy atom. The van der Waals surface area contributed by atoms with Crippen LogP contribution >= 0.6 is 0 Å². The van der Waals surface area contributed by atoms with E-state index in [9.17, 15) is 9.18 Å². The molecule has 1 unspecified atom stereocenters. The summed E-state index contributed by atoms with van der Waals surface area (Å²) < 4.78 is 13.4. The van der Waals surface area contributed by atoms with Crippen LogP contribution in [0.1, 0.15) is 30.5 Å². The predicted molar refractivity (Wildman–Crippen MR) is 122 cm³/mol. The standard InChI is InChI=1S/C24H26FN5O/c1-17-4-3-13-30(16-17)24(31)29-22-8-7-21(19-10-11-26-15-19)28-23(22)27-12-9-18-5-2-6-20(25)14-18/h2-8,14-16,19H,9-13H2,1H3,(H,27,28)(H,29,31). The van der Waals surface area contributed by atoms with Gasteiger partial charge in [-0.15, -0.1) is 0 Å². The van der Waals surface area contributed by atoms with Crippen LogP contribution in [0.5, 0.6) is 0 Å². The summed E-state index contributed by atoms with van der Waals surface area (Å²) in [6.45, 7) is 3.85. The molecule has 1 aromatic heterocycles. The van der Waals surface area contributed by atoms with E-state index in [1.807, 2.05) is 49.7 Å². The van der Waals surface area contributed by atoms with E-state index in [0.29, 0.717) is 31.0 Å². The van der Waals surface area contributed by atoms with Crippen molar-refractivity contribution in [3.05, 3.63) is 77.4 Å². The molecule has 0 saturated heterocycles. The number of allylic oxidation sites excluding steroid dienone is 2. The first-order valence-electron chi connectivity index (χ1n) is 10.5. The molecule has 2 aromatic rings. The number of rotatable bonds is 6. The van der Waals surface area contributed by atoms with Crippen LogP contribution in [0, 0.1) is 5.82 Å². The molecule has 0 aliphatic carbocycles. The molecule has 2 amide bonds. The Morgan fingerprint density at radius 3 is 2.97 bits per heavy atom. The minimum absolute atomic E-state index is 0.186. The van der Waals surface area contributed by atoms with Crippen molar-refractivity contribution in [2.24, 2.45) is 4.99 Å². The van der Waals surface area contributed by atoms with Crippen LogP contribution in [0.3, 0.4) is 0 Å². The van der Waals surface area contributed by atoms with Crippen LogP contribution in [-0.4, -0.2) is 41.8 Å². The highest BCUT2D eigenvalue weighted by Gasteiger charge is 2.19. The van der Waals surface area contributed by atoms with Crippen molar-refractivity contribution < 1.29 is 9.18 Å². The number of urea groups is 1. The highest BCUT2D eigenvalue weighted by atomic mass is 19.1. The molecule has 0 fully saturated rings. The third kappa shape index (κ3) is 5.36. The second-order valence-electron chi connectivity index (χ2n) is 7.75. The number of amides is 2. The lowest BCUT2D eigenvalue weighted by atomic mass is 10.0. The monoisotopic (exact) mass is 419 g/mol. The van der Waals surface area contributed by atoms with Crippen LogP contribution in [0.2, 0.25) is 0 Å². The number of benzene rings is 1. The van der Waals surface area contributed by atoms with E-state index in [0.717, 1.165) is 29.8 Å². The maximum absolute atomic E-state index is 13.4. The number of halogens is 1. The third-order valence-electron chi connectivity index (χ3n) is 5.29. The molecule has 0 saturated carbocycles. The Hall–Kier alpha value is -3.48.